The van der Waals surface area contributed by atoms with Gasteiger partial charge in [0.2, 0.25) is 0 Å². The van der Waals surface area contributed by atoms with Gasteiger partial charge in [0.05, 0.1) is 30.8 Å². The van der Waals surface area contributed by atoms with Crippen LogP contribution in [-0.4, -0.2) is 157 Å². The van der Waals surface area contributed by atoms with Crippen LogP contribution in [0.3, 0.4) is 0 Å². The Kier molecular flexibility index (Phi) is 12.8. The summed E-state index contributed by atoms with van der Waals surface area (Å²) in [5.41, 5.74) is 0.124. The number of ether oxygens (including phenoxy) is 6. The highest BCUT2D eigenvalue weighted by atomic mass is 16.8. The lowest BCUT2D eigenvalue weighted by Crippen LogP contribution is -2.67. The maximum atomic E-state index is 13.1. The molecule has 360 valence electrons. The van der Waals surface area contributed by atoms with Crippen LogP contribution in [0.5, 0.6) is 0 Å². The van der Waals surface area contributed by atoms with Gasteiger partial charge in [0.15, 0.2) is 18.9 Å². The minimum Gasteiger partial charge on any atom is -0.481 e. The maximum absolute atomic E-state index is 13.1. The molecule has 22 atom stereocenters. The van der Waals surface area contributed by atoms with Crippen molar-refractivity contribution in [1.29, 1.82) is 0 Å². The second kappa shape index (κ2) is 16.7. The number of aliphatic hydroxyl groups is 8. The van der Waals surface area contributed by atoms with Gasteiger partial charge in [0, 0.05) is 0 Å². The number of allylic oxidation sites excluding steroid dienone is 2. The Morgan fingerprint density at radius 3 is 2.06 bits per heavy atom. The van der Waals surface area contributed by atoms with Gasteiger partial charge in [0.25, 0.3) is 0 Å². The topological polar surface area (TPSA) is 255 Å². The highest BCUT2D eigenvalue weighted by Crippen LogP contribution is 2.76. The van der Waals surface area contributed by atoms with Crippen molar-refractivity contribution < 1.29 is 79.2 Å². The van der Waals surface area contributed by atoms with Crippen molar-refractivity contribution in [2.24, 2.45) is 50.2 Å². The van der Waals surface area contributed by atoms with E-state index in [2.05, 4.69) is 54.5 Å². The number of aliphatic carboxylic acids is 1. The summed E-state index contributed by atoms with van der Waals surface area (Å²) in [6.07, 6.45) is -10.7. The molecule has 4 saturated carbocycles. The molecule has 2 unspecified atom stereocenters. The molecule has 8 rings (SSSR count). The molecule has 0 radical (unpaired) electrons. The summed E-state index contributed by atoms with van der Waals surface area (Å²) in [5, 5.41) is 96.7. The van der Waals surface area contributed by atoms with Gasteiger partial charge in [-0.15, -0.1) is 0 Å². The van der Waals surface area contributed by atoms with Crippen LogP contribution < -0.4 is 0 Å². The monoisotopic (exact) mass is 897 g/mol. The first kappa shape index (κ1) is 48.1. The smallest absolute Gasteiger partial charge is 0.310 e. The summed E-state index contributed by atoms with van der Waals surface area (Å²) in [6, 6.07) is 0. The van der Waals surface area contributed by atoms with E-state index in [4.69, 9.17) is 28.4 Å². The minimum atomic E-state index is -1.79. The Balaban J connectivity index is 1.03. The van der Waals surface area contributed by atoms with Crippen molar-refractivity contribution >= 4 is 5.97 Å². The van der Waals surface area contributed by atoms with E-state index in [1.807, 2.05) is 0 Å². The highest BCUT2D eigenvalue weighted by Gasteiger charge is 2.70. The molecule has 3 saturated heterocycles. The van der Waals surface area contributed by atoms with Crippen molar-refractivity contribution in [3.05, 3.63) is 11.6 Å². The number of rotatable bonds is 8. The number of hydrogen-bond donors (Lipinski definition) is 9. The standard InChI is InChI=1S/C47H76O16/c1-22-30(50)33(53)35(55)38(59-22)62-37-34(54)32(52)26(20-48)60-40(37)63-36-31(51)25(49)21-58-39(36)61-29-12-13-44(6)27(43(29,4)5)11-14-46(8)28(44)10-9-23-24-19-42(2,3)15-17-47(24,41(56)57)18-16-45(23,46)7/h9,22,24-40,48-55H,10-21H2,1-8H3,(H,56,57)/t22-,24-,25-,26+,27-,28?,29-,30-,31-,32+,33+,34-,35+,36+,37+,38-,39-,40-,44+,45-,46?,47-/m0/s1. The normalized spacial score (nSPS) is 54.1. The van der Waals surface area contributed by atoms with Crippen LogP contribution in [0.4, 0.5) is 0 Å². The SMILES string of the molecule is C[C@@H]1O[C@@H](O[C@H]2[C@H](O[C@H]3[C@H](O[C@H]4CC[C@@]5(C)C6CC=C7[C@@H]8CC(C)(C)CC[C@]8(C(=O)O)CC[C@]7(C)C6(C)CC[C@H]5C4(C)C)OC[C@H](O)[C@@H]3O)O[C@H](CO)[C@@H](O)[C@@H]2O)[C@H](O)[C@H](O)[C@H]1O. The summed E-state index contributed by atoms with van der Waals surface area (Å²) in [5.74, 6) is -0.0241. The molecular weight excluding hydrogens is 821 g/mol. The zero-order chi connectivity index (χ0) is 46.0. The van der Waals surface area contributed by atoms with E-state index in [0.29, 0.717) is 18.8 Å². The molecule has 7 fully saturated rings. The first-order valence-corrected chi connectivity index (χ1v) is 23.6. The molecule has 0 spiro atoms. The Morgan fingerprint density at radius 1 is 0.714 bits per heavy atom. The second-order valence-corrected chi connectivity index (χ2v) is 23.0. The Bertz CT molecular complexity index is 1720. The van der Waals surface area contributed by atoms with Crippen LogP contribution in [0, 0.1) is 50.2 Å². The van der Waals surface area contributed by atoms with Gasteiger partial charge in [-0.05, 0) is 116 Å². The van der Waals surface area contributed by atoms with E-state index >= 15 is 0 Å². The van der Waals surface area contributed by atoms with Gasteiger partial charge in [-0.2, -0.15) is 0 Å². The summed E-state index contributed by atoms with van der Waals surface area (Å²) >= 11 is 0. The fraction of sp³-hybridized carbons (Fsp3) is 0.936. The lowest BCUT2D eigenvalue weighted by atomic mass is 9.33. The molecule has 5 aliphatic carbocycles. The van der Waals surface area contributed by atoms with Crippen LogP contribution >= 0.6 is 0 Å². The van der Waals surface area contributed by atoms with E-state index in [1.54, 1.807) is 0 Å². The number of carbonyl (C=O) groups is 1. The van der Waals surface area contributed by atoms with Crippen LogP contribution in [0.15, 0.2) is 11.6 Å². The molecule has 0 aromatic heterocycles. The number of carboxylic acid groups (broad SMARTS) is 1. The molecule has 0 aromatic carbocycles. The fourth-order valence-corrected chi connectivity index (χ4v) is 14.8. The number of aliphatic hydroxyl groups excluding tert-OH is 8. The number of carboxylic acids is 1. The summed E-state index contributed by atoms with van der Waals surface area (Å²) < 4.78 is 36.7. The summed E-state index contributed by atoms with van der Waals surface area (Å²) in [4.78, 5) is 13.1. The number of fused-ring (bicyclic) bond motifs is 7. The average Bonchev–Trinajstić information content (AvgIpc) is 3.21. The molecule has 63 heavy (non-hydrogen) atoms. The first-order valence-electron chi connectivity index (χ1n) is 23.6. The van der Waals surface area contributed by atoms with Crippen molar-refractivity contribution in [3.63, 3.8) is 0 Å². The van der Waals surface area contributed by atoms with Gasteiger partial charge >= 0.3 is 5.97 Å². The van der Waals surface area contributed by atoms with E-state index in [9.17, 15) is 50.8 Å². The molecule has 16 heteroatoms. The lowest BCUT2D eigenvalue weighted by molar-refractivity contribution is -0.392. The molecule has 0 aromatic rings. The van der Waals surface area contributed by atoms with Crippen LogP contribution in [0.2, 0.25) is 0 Å². The van der Waals surface area contributed by atoms with Crippen molar-refractivity contribution in [3.8, 4) is 0 Å². The van der Waals surface area contributed by atoms with Gasteiger partial charge in [0.1, 0.15) is 61.0 Å². The van der Waals surface area contributed by atoms with Gasteiger partial charge in [-0.3, -0.25) is 4.79 Å². The second-order valence-electron chi connectivity index (χ2n) is 23.0. The van der Waals surface area contributed by atoms with E-state index in [0.717, 1.165) is 51.4 Å². The Labute approximate surface area is 371 Å². The third kappa shape index (κ3) is 7.51. The van der Waals surface area contributed by atoms with Crippen molar-refractivity contribution in [2.75, 3.05) is 13.2 Å². The highest BCUT2D eigenvalue weighted by molar-refractivity contribution is 5.76. The maximum Gasteiger partial charge on any atom is 0.310 e. The van der Waals surface area contributed by atoms with Gasteiger partial charge in [-0.1, -0.05) is 60.1 Å². The molecule has 3 heterocycles. The third-order valence-corrected chi connectivity index (χ3v) is 18.9. The van der Waals surface area contributed by atoms with Crippen LogP contribution in [-0.2, 0) is 33.2 Å². The average molecular weight is 897 g/mol. The van der Waals surface area contributed by atoms with Gasteiger partial charge in [-0.25, -0.2) is 0 Å². The van der Waals surface area contributed by atoms with E-state index in [1.165, 1.54) is 12.5 Å². The Hall–Kier alpha value is -1.35. The molecule has 0 amide bonds. The van der Waals surface area contributed by atoms with E-state index in [-0.39, 0.29) is 46.2 Å². The first-order chi connectivity index (χ1) is 29.4. The number of hydrogen-bond acceptors (Lipinski definition) is 15. The van der Waals surface area contributed by atoms with Crippen molar-refractivity contribution in [2.45, 2.75) is 212 Å². The van der Waals surface area contributed by atoms with Crippen LogP contribution in [0.1, 0.15) is 120 Å². The zero-order valence-corrected chi connectivity index (χ0v) is 38.3. The van der Waals surface area contributed by atoms with E-state index < -0.39 is 109 Å². The summed E-state index contributed by atoms with van der Waals surface area (Å²) in [6.45, 7) is 16.9. The quantitative estimate of drug-likeness (QED) is 0.125. The molecule has 3 aliphatic heterocycles. The molecular formula is C47H76O16. The molecule has 0 bridgehead atoms. The third-order valence-electron chi connectivity index (χ3n) is 18.9. The molecule has 8 aliphatic rings. The predicted octanol–water partition coefficient (Wildman–Crippen LogP) is 2.37. The lowest BCUT2D eigenvalue weighted by Gasteiger charge is -2.71. The van der Waals surface area contributed by atoms with Crippen LogP contribution in [0.25, 0.3) is 0 Å². The minimum absolute atomic E-state index is 0.0300. The predicted molar refractivity (Wildman–Crippen MR) is 223 cm³/mol. The Morgan fingerprint density at radius 2 is 1.38 bits per heavy atom. The zero-order valence-electron chi connectivity index (χ0n) is 38.3. The van der Waals surface area contributed by atoms with Crippen molar-refractivity contribution in [1.82, 2.24) is 0 Å². The molecule has 16 nitrogen and oxygen atoms in total. The summed E-state index contributed by atoms with van der Waals surface area (Å²) in [7, 11) is 0. The fourth-order valence-electron chi connectivity index (χ4n) is 14.8. The largest absolute Gasteiger partial charge is 0.481 e. The molecule has 9 N–H and O–H groups in total. The van der Waals surface area contributed by atoms with Gasteiger partial charge < -0.3 is 74.4 Å².